The molecule has 1 aromatic carbocycles. The smallest absolute Gasteiger partial charge is 0.263 e. The zero-order valence-electron chi connectivity index (χ0n) is 11.3. The van der Waals surface area contributed by atoms with Gasteiger partial charge in [-0.3, -0.25) is 9.40 Å². The molecule has 0 bridgehead atoms. The molecule has 0 aliphatic rings. The van der Waals surface area contributed by atoms with Crippen LogP contribution >= 0.6 is 0 Å². The molecule has 6 nitrogen and oxygen atoms in total. The Labute approximate surface area is 116 Å². The number of rotatable bonds is 3. The summed E-state index contributed by atoms with van der Waals surface area (Å²) in [5.41, 5.74) is 6.11. The summed E-state index contributed by atoms with van der Waals surface area (Å²) < 4.78 is 41.7. The Kier molecular flexibility index (Phi) is 3.43. The summed E-state index contributed by atoms with van der Waals surface area (Å²) in [7, 11) is -2.22. The molecule has 0 radical (unpaired) electrons. The molecule has 0 atom stereocenters. The van der Waals surface area contributed by atoms with E-state index in [1.54, 1.807) is 20.0 Å². The van der Waals surface area contributed by atoms with Crippen LogP contribution in [0.5, 0.6) is 0 Å². The minimum absolute atomic E-state index is 0.0900. The topological polar surface area (TPSA) is 90.0 Å². The number of aromatic nitrogens is 2. The highest BCUT2D eigenvalue weighted by Crippen LogP contribution is 2.23. The van der Waals surface area contributed by atoms with Gasteiger partial charge in [0.15, 0.2) is 0 Å². The van der Waals surface area contributed by atoms with Crippen molar-refractivity contribution in [3.8, 4) is 0 Å². The Balaban J connectivity index is 2.43. The van der Waals surface area contributed by atoms with Gasteiger partial charge in [0.2, 0.25) is 0 Å². The standard InChI is InChI=1S/C12H15FN4O2S/c1-7-4-9(6-10(14)12(7)13)20(18,19)16-11-5-8(2)15-17(11)3/h4-6,16H,14H2,1-3H3. The number of nitrogens with zero attached hydrogens (tertiary/aromatic N) is 2. The number of anilines is 2. The minimum Gasteiger partial charge on any atom is -0.396 e. The van der Waals surface area contributed by atoms with Gasteiger partial charge in [-0.25, -0.2) is 12.8 Å². The van der Waals surface area contributed by atoms with Gasteiger partial charge < -0.3 is 5.73 Å². The molecule has 0 aliphatic heterocycles. The zero-order chi connectivity index (χ0) is 15.1. The summed E-state index contributed by atoms with van der Waals surface area (Å²) in [4.78, 5) is -0.0900. The number of nitrogens with one attached hydrogen (secondary N) is 1. The first kappa shape index (κ1) is 14.3. The normalized spacial score (nSPS) is 11.6. The molecule has 0 aliphatic carbocycles. The van der Waals surface area contributed by atoms with Crippen molar-refractivity contribution in [2.45, 2.75) is 18.7 Å². The summed E-state index contributed by atoms with van der Waals surface area (Å²) in [5, 5.41) is 4.04. The molecule has 1 aromatic heterocycles. The predicted octanol–water partition coefficient (Wildman–Crippen LogP) is 1.56. The lowest BCUT2D eigenvalue weighted by Gasteiger charge is -2.10. The van der Waals surface area contributed by atoms with E-state index in [2.05, 4.69) is 9.82 Å². The highest BCUT2D eigenvalue weighted by atomic mass is 32.2. The van der Waals surface area contributed by atoms with Crippen LogP contribution in [0.4, 0.5) is 15.9 Å². The van der Waals surface area contributed by atoms with Crippen LogP contribution in [-0.4, -0.2) is 18.2 Å². The molecule has 2 rings (SSSR count). The lowest BCUT2D eigenvalue weighted by Crippen LogP contribution is -2.16. The van der Waals surface area contributed by atoms with Crippen molar-refractivity contribution >= 4 is 21.5 Å². The van der Waals surface area contributed by atoms with E-state index in [4.69, 9.17) is 5.73 Å². The van der Waals surface area contributed by atoms with Crippen molar-refractivity contribution < 1.29 is 12.8 Å². The third-order valence-corrected chi connectivity index (χ3v) is 4.14. The Bertz CT molecular complexity index is 745. The van der Waals surface area contributed by atoms with Crippen LogP contribution in [0, 0.1) is 19.7 Å². The number of sulfonamides is 1. The molecular formula is C12H15FN4O2S. The molecule has 2 aromatic rings. The number of benzene rings is 1. The summed E-state index contributed by atoms with van der Waals surface area (Å²) in [6, 6.07) is 3.92. The van der Waals surface area contributed by atoms with Crippen LogP contribution in [0.25, 0.3) is 0 Å². The first-order valence-electron chi connectivity index (χ1n) is 5.80. The zero-order valence-corrected chi connectivity index (χ0v) is 12.1. The van der Waals surface area contributed by atoms with Crippen LogP contribution in [0.2, 0.25) is 0 Å². The van der Waals surface area contributed by atoms with Gasteiger partial charge in [0.25, 0.3) is 10.0 Å². The Hall–Kier alpha value is -2.09. The Morgan fingerprint density at radius 2 is 1.95 bits per heavy atom. The average Bonchev–Trinajstić information content (AvgIpc) is 2.63. The van der Waals surface area contributed by atoms with Crippen LogP contribution < -0.4 is 10.5 Å². The number of nitrogens with two attached hydrogens (primary N) is 1. The highest BCUT2D eigenvalue weighted by Gasteiger charge is 2.19. The van der Waals surface area contributed by atoms with Gasteiger partial charge in [0.1, 0.15) is 11.6 Å². The fourth-order valence-corrected chi connectivity index (χ4v) is 3.02. The minimum atomic E-state index is -3.84. The fourth-order valence-electron chi connectivity index (χ4n) is 1.82. The molecule has 3 N–H and O–H groups in total. The Morgan fingerprint density at radius 1 is 1.30 bits per heavy atom. The molecule has 8 heteroatoms. The molecule has 108 valence electrons. The van der Waals surface area contributed by atoms with Crippen molar-refractivity contribution in [2.75, 3.05) is 10.5 Å². The maximum atomic E-state index is 13.4. The first-order chi connectivity index (χ1) is 9.20. The second-order valence-corrected chi connectivity index (χ2v) is 6.23. The SMILES string of the molecule is Cc1cc(NS(=O)(=O)c2cc(C)c(F)c(N)c2)n(C)n1. The molecule has 1 heterocycles. The van der Waals surface area contributed by atoms with E-state index in [-0.39, 0.29) is 16.1 Å². The van der Waals surface area contributed by atoms with Gasteiger partial charge in [-0.15, -0.1) is 0 Å². The van der Waals surface area contributed by atoms with E-state index in [9.17, 15) is 12.8 Å². The summed E-state index contributed by atoms with van der Waals surface area (Å²) >= 11 is 0. The molecule has 0 saturated carbocycles. The van der Waals surface area contributed by atoms with Gasteiger partial charge in [-0.05, 0) is 31.5 Å². The quantitative estimate of drug-likeness (QED) is 0.841. The lowest BCUT2D eigenvalue weighted by atomic mass is 10.2. The largest absolute Gasteiger partial charge is 0.396 e. The average molecular weight is 298 g/mol. The molecule has 20 heavy (non-hydrogen) atoms. The van der Waals surface area contributed by atoms with E-state index in [0.29, 0.717) is 11.5 Å². The second kappa shape index (κ2) is 4.78. The third kappa shape index (κ3) is 2.60. The molecule has 0 fully saturated rings. The van der Waals surface area contributed by atoms with Crippen molar-refractivity contribution in [1.29, 1.82) is 0 Å². The fraction of sp³-hybridized carbons (Fsp3) is 0.250. The summed E-state index contributed by atoms with van der Waals surface area (Å²) in [5.74, 6) is -0.289. The van der Waals surface area contributed by atoms with E-state index in [0.717, 1.165) is 6.07 Å². The monoisotopic (exact) mass is 298 g/mol. The molecular weight excluding hydrogens is 283 g/mol. The number of hydrogen-bond donors (Lipinski definition) is 2. The van der Waals surface area contributed by atoms with Gasteiger partial charge in [-0.1, -0.05) is 0 Å². The number of hydrogen-bond acceptors (Lipinski definition) is 4. The summed E-state index contributed by atoms with van der Waals surface area (Å²) in [6.07, 6.45) is 0. The maximum Gasteiger partial charge on any atom is 0.263 e. The van der Waals surface area contributed by atoms with E-state index < -0.39 is 15.8 Å². The van der Waals surface area contributed by atoms with Gasteiger partial charge >= 0.3 is 0 Å². The summed E-state index contributed by atoms with van der Waals surface area (Å²) in [6.45, 7) is 3.21. The van der Waals surface area contributed by atoms with E-state index in [1.165, 1.54) is 17.7 Å². The van der Waals surface area contributed by atoms with Crippen molar-refractivity contribution in [1.82, 2.24) is 9.78 Å². The number of halogens is 1. The first-order valence-corrected chi connectivity index (χ1v) is 7.28. The van der Waals surface area contributed by atoms with Crippen molar-refractivity contribution in [3.63, 3.8) is 0 Å². The second-order valence-electron chi connectivity index (χ2n) is 4.54. The maximum absolute atomic E-state index is 13.4. The molecule has 0 saturated heterocycles. The number of aryl methyl sites for hydroxylation is 3. The van der Waals surface area contributed by atoms with Gasteiger partial charge in [0.05, 0.1) is 16.3 Å². The molecule has 0 amide bonds. The third-order valence-electron chi connectivity index (χ3n) is 2.81. The van der Waals surface area contributed by atoms with Gasteiger partial charge in [-0.2, -0.15) is 5.10 Å². The van der Waals surface area contributed by atoms with Crippen LogP contribution in [0.15, 0.2) is 23.1 Å². The van der Waals surface area contributed by atoms with Crippen LogP contribution in [0.3, 0.4) is 0 Å². The highest BCUT2D eigenvalue weighted by molar-refractivity contribution is 7.92. The van der Waals surface area contributed by atoms with Crippen molar-refractivity contribution in [3.05, 3.63) is 35.3 Å². The predicted molar refractivity (Wildman–Crippen MR) is 74.3 cm³/mol. The lowest BCUT2D eigenvalue weighted by molar-refractivity contribution is 0.598. The molecule has 0 spiro atoms. The Morgan fingerprint density at radius 3 is 2.45 bits per heavy atom. The van der Waals surface area contributed by atoms with E-state index >= 15 is 0 Å². The molecule has 0 unspecified atom stereocenters. The van der Waals surface area contributed by atoms with Crippen molar-refractivity contribution in [2.24, 2.45) is 7.05 Å². The number of nitrogen functional groups attached to an aromatic ring is 1. The van der Waals surface area contributed by atoms with Gasteiger partial charge in [0, 0.05) is 13.1 Å². The van der Waals surface area contributed by atoms with E-state index in [1.807, 2.05) is 0 Å². The van der Waals surface area contributed by atoms with Crippen LogP contribution in [-0.2, 0) is 17.1 Å². The van der Waals surface area contributed by atoms with Crippen LogP contribution in [0.1, 0.15) is 11.3 Å².